The highest BCUT2D eigenvalue weighted by Crippen LogP contribution is 2.30. The minimum absolute atomic E-state index is 0.104. The number of nitrogens with zero attached hydrogens (tertiary/aromatic N) is 1. The molecule has 22 heavy (non-hydrogen) atoms. The van der Waals surface area contributed by atoms with E-state index in [1.807, 2.05) is 38.1 Å². The molecule has 0 aliphatic heterocycles. The Labute approximate surface area is 133 Å². The number of carbonyl (C=O) groups excluding carboxylic acids is 2. The highest BCUT2D eigenvalue weighted by molar-refractivity contribution is 7.15. The third kappa shape index (κ3) is 3.71. The topological polar surface area (TPSA) is 68.3 Å². The highest BCUT2D eigenvalue weighted by Gasteiger charge is 2.16. The van der Waals surface area contributed by atoms with E-state index in [-0.39, 0.29) is 18.4 Å². The maximum Gasteiger partial charge on any atom is 0.307 e. The van der Waals surface area contributed by atoms with Gasteiger partial charge in [0.25, 0.3) is 0 Å². The van der Waals surface area contributed by atoms with Gasteiger partial charge in [-0.15, -0.1) is 11.3 Å². The van der Waals surface area contributed by atoms with Gasteiger partial charge in [0.1, 0.15) is 0 Å². The van der Waals surface area contributed by atoms with Gasteiger partial charge in [-0.1, -0.05) is 24.3 Å². The van der Waals surface area contributed by atoms with E-state index in [9.17, 15) is 9.59 Å². The molecule has 1 amide bonds. The number of rotatable bonds is 6. The number of hydrogen-bond acceptors (Lipinski definition) is 5. The minimum atomic E-state index is -0.386. The average molecular weight is 318 g/mol. The van der Waals surface area contributed by atoms with Gasteiger partial charge in [-0.25, -0.2) is 4.98 Å². The largest absolute Gasteiger partial charge is 0.469 e. The molecule has 1 aromatic heterocycles. The lowest BCUT2D eigenvalue weighted by atomic mass is 10.0. The van der Waals surface area contributed by atoms with E-state index >= 15 is 0 Å². The van der Waals surface area contributed by atoms with Crippen LogP contribution in [0.3, 0.4) is 0 Å². The number of carbonyl (C=O) groups is 2. The standard InChI is InChI=1S/C16H18N2O3S/c1-10-16(22-11(2)18-10)13-6-4-12(5-7-13)14(17-9-19)8-15(20)21-3/h4-7,9,14H,8H2,1-3H3,(H,17,19). The van der Waals surface area contributed by atoms with Crippen LogP contribution in [0.2, 0.25) is 0 Å². The predicted octanol–water partition coefficient (Wildman–Crippen LogP) is 2.78. The first-order valence-electron chi connectivity index (χ1n) is 6.86. The molecule has 1 N–H and O–H groups in total. The number of ether oxygens (including phenoxy) is 1. The summed E-state index contributed by atoms with van der Waals surface area (Å²) in [6.07, 6.45) is 0.700. The molecule has 0 aliphatic rings. The molecular weight excluding hydrogens is 300 g/mol. The molecule has 1 atom stereocenters. The molecule has 2 rings (SSSR count). The fourth-order valence-corrected chi connectivity index (χ4v) is 3.20. The fraction of sp³-hybridized carbons (Fsp3) is 0.312. The Morgan fingerprint density at radius 2 is 2.05 bits per heavy atom. The average Bonchev–Trinajstić information content (AvgIpc) is 2.85. The lowest BCUT2D eigenvalue weighted by Gasteiger charge is -2.15. The maximum atomic E-state index is 11.4. The van der Waals surface area contributed by atoms with Crippen molar-refractivity contribution < 1.29 is 14.3 Å². The molecular formula is C16H18N2O3S. The maximum absolute atomic E-state index is 11.4. The van der Waals surface area contributed by atoms with Crippen molar-refractivity contribution in [1.29, 1.82) is 0 Å². The molecule has 0 radical (unpaired) electrons. The number of aryl methyl sites for hydroxylation is 2. The van der Waals surface area contributed by atoms with Crippen LogP contribution in [-0.2, 0) is 14.3 Å². The SMILES string of the molecule is COC(=O)CC(NC=O)c1ccc(-c2sc(C)nc2C)cc1. The molecule has 0 saturated carbocycles. The van der Waals surface area contributed by atoms with Crippen LogP contribution in [0.5, 0.6) is 0 Å². The number of esters is 1. The zero-order valence-corrected chi connectivity index (χ0v) is 13.6. The van der Waals surface area contributed by atoms with E-state index in [0.29, 0.717) is 6.41 Å². The van der Waals surface area contributed by atoms with E-state index in [0.717, 1.165) is 26.7 Å². The van der Waals surface area contributed by atoms with Crippen molar-refractivity contribution in [2.45, 2.75) is 26.3 Å². The number of methoxy groups -OCH3 is 1. The third-order valence-electron chi connectivity index (χ3n) is 3.35. The van der Waals surface area contributed by atoms with Crippen LogP contribution in [-0.4, -0.2) is 24.5 Å². The van der Waals surface area contributed by atoms with Crippen LogP contribution in [0, 0.1) is 13.8 Å². The number of benzene rings is 1. The molecule has 1 aromatic carbocycles. The molecule has 0 aliphatic carbocycles. The summed E-state index contributed by atoms with van der Waals surface area (Å²) in [4.78, 5) is 27.7. The fourth-order valence-electron chi connectivity index (χ4n) is 2.27. The summed E-state index contributed by atoms with van der Waals surface area (Å²) in [5, 5.41) is 3.68. The molecule has 1 unspecified atom stereocenters. The van der Waals surface area contributed by atoms with Crippen LogP contribution in [0.15, 0.2) is 24.3 Å². The van der Waals surface area contributed by atoms with Crippen LogP contribution in [0.1, 0.15) is 28.7 Å². The van der Waals surface area contributed by atoms with Gasteiger partial charge in [0, 0.05) is 0 Å². The smallest absolute Gasteiger partial charge is 0.307 e. The van der Waals surface area contributed by atoms with Crippen molar-refractivity contribution >= 4 is 23.7 Å². The number of thiazole rings is 1. The number of hydrogen-bond donors (Lipinski definition) is 1. The summed E-state index contributed by atoms with van der Waals surface area (Å²) < 4.78 is 4.66. The van der Waals surface area contributed by atoms with Crippen molar-refractivity contribution in [3.63, 3.8) is 0 Å². The molecule has 2 aromatic rings. The first kappa shape index (κ1) is 16.2. The monoisotopic (exact) mass is 318 g/mol. The quantitative estimate of drug-likeness (QED) is 0.657. The first-order valence-corrected chi connectivity index (χ1v) is 7.67. The normalized spacial score (nSPS) is 11.8. The number of nitrogens with one attached hydrogen (secondary N) is 1. The van der Waals surface area contributed by atoms with Gasteiger partial charge in [0.2, 0.25) is 6.41 Å². The van der Waals surface area contributed by atoms with Crippen LogP contribution < -0.4 is 5.32 Å². The van der Waals surface area contributed by atoms with Crippen molar-refractivity contribution in [3.05, 3.63) is 40.5 Å². The van der Waals surface area contributed by atoms with E-state index in [2.05, 4.69) is 15.0 Å². The second-order valence-corrected chi connectivity index (χ2v) is 6.09. The van der Waals surface area contributed by atoms with Crippen LogP contribution in [0.4, 0.5) is 0 Å². The third-order valence-corrected chi connectivity index (χ3v) is 4.47. The molecule has 5 nitrogen and oxygen atoms in total. The van der Waals surface area contributed by atoms with Gasteiger partial charge < -0.3 is 10.1 Å². The number of amides is 1. The van der Waals surface area contributed by atoms with Crippen molar-refractivity contribution in [2.75, 3.05) is 7.11 Å². The zero-order valence-electron chi connectivity index (χ0n) is 12.8. The van der Waals surface area contributed by atoms with Crippen molar-refractivity contribution in [3.8, 4) is 10.4 Å². The summed E-state index contributed by atoms with van der Waals surface area (Å²) >= 11 is 1.65. The summed E-state index contributed by atoms with van der Waals surface area (Å²) in [6.45, 7) is 3.97. The number of aromatic nitrogens is 1. The molecule has 0 spiro atoms. The predicted molar refractivity (Wildman–Crippen MR) is 85.6 cm³/mol. The lowest BCUT2D eigenvalue weighted by Crippen LogP contribution is -2.23. The second-order valence-electron chi connectivity index (χ2n) is 4.89. The van der Waals surface area contributed by atoms with E-state index in [1.165, 1.54) is 7.11 Å². The summed E-state index contributed by atoms with van der Waals surface area (Å²) in [5.74, 6) is -0.364. The molecule has 0 saturated heterocycles. The van der Waals surface area contributed by atoms with Crippen molar-refractivity contribution in [2.24, 2.45) is 0 Å². The molecule has 0 fully saturated rings. The summed E-state index contributed by atoms with van der Waals surface area (Å²) in [5.41, 5.74) is 2.95. The Morgan fingerprint density at radius 3 is 2.55 bits per heavy atom. The Hall–Kier alpha value is -2.21. The van der Waals surface area contributed by atoms with Gasteiger partial charge in [-0.2, -0.15) is 0 Å². The van der Waals surface area contributed by atoms with Gasteiger partial charge in [0.05, 0.1) is 35.2 Å². The van der Waals surface area contributed by atoms with Gasteiger partial charge in [0.15, 0.2) is 0 Å². The van der Waals surface area contributed by atoms with Gasteiger partial charge >= 0.3 is 5.97 Å². The zero-order chi connectivity index (χ0) is 16.1. The Bertz CT molecular complexity index is 665. The summed E-state index contributed by atoms with van der Waals surface area (Å²) in [6, 6.07) is 7.39. The second kappa shape index (κ2) is 7.17. The highest BCUT2D eigenvalue weighted by atomic mass is 32.1. The molecule has 6 heteroatoms. The molecule has 1 heterocycles. The molecule has 0 bridgehead atoms. The Kier molecular flexibility index (Phi) is 5.27. The molecule has 116 valence electrons. The summed E-state index contributed by atoms with van der Waals surface area (Å²) in [7, 11) is 1.33. The van der Waals surface area contributed by atoms with Crippen LogP contribution in [0.25, 0.3) is 10.4 Å². The minimum Gasteiger partial charge on any atom is -0.469 e. The van der Waals surface area contributed by atoms with E-state index < -0.39 is 0 Å². The first-order chi connectivity index (χ1) is 10.5. The van der Waals surface area contributed by atoms with E-state index in [4.69, 9.17) is 0 Å². The Balaban J connectivity index is 2.24. The van der Waals surface area contributed by atoms with E-state index in [1.54, 1.807) is 11.3 Å². The van der Waals surface area contributed by atoms with Crippen molar-refractivity contribution in [1.82, 2.24) is 10.3 Å². The lowest BCUT2D eigenvalue weighted by molar-refractivity contribution is -0.141. The van der Waals surface area contributed by atoms with Gasteiger partial charge in [-0.3, -0.25) is 9.59 Å². The van der Waals surface area contributed by atoms with Crippen LogP contribution >= 0.6 is 11.3 Å². The van der Waals surface area contributed by atoms with Gasteiger partial charge in [-0.05, 0) is 25.0 Å². The Morgan fingerprint density at radius 1 is 1.36 bits per heavy atom.